The van der Waals surface area contributed by atoms with Gasteiger partial charge in [-0.2, -0.15) is 0 Å². The van der Waals surface area contributed by atoms with Crippen molar-refractivity contribution in [2.45, 2.75) is 0 Å². The lowest BCUT2D eigenvalue weighted by Gasteiger charge is -2.04. The summed E-state index contributed by atoms with van der Waals surface area (Å²) in [6.45, 7) is -0.117. The maximum Gasteiger partial charge on any atom is 0.343 e. The second-order valence-electron chi connectivity index (χ2n) is 4.51. The molecule has 0 saturated carbocycles. The molecule has 2 rings (SSSR count). The number of hydrogen-bond donors (Lipinski definition) is 0. The molecular weight excluding hydrogens is 318 g/mol. The Morgan fingerprint density at radius 1 is 1.17 bits per heavy atom. The van der Waals surface area contributed by atoms with Crippen molar-refractivity contribution >= 4 is 29.5 Å². The molecule has 0 aliphatic rings. The monoisotopic (exact) mass is 333 g/mol. The second kappa shape index (κ2) is 8.19. The highest BCUT2D eigenvalue weighted by Crippen LogP contribution is 2.28. The first-order valence-corrected chi connectivity index (χ1v) is 7.17. The molecule has 0 saturated heterocycles. The van der Waals surface area contributed by atoms with Crippen molar-refractivity contribution in [2.75, 3.05) is 20.8 Å². The van der Waals surface area contributed by atoms with Gasteiger partial charge in [-0.15, -0.1) is 0 Å². The van der Waals surface area contributed by atoms with Gasteiger partial charge in [0.2, 0.25) is 0 Å². The van der Waals surface area contributed by atoms with Gasteiger partial charge >= 0.3 is 5.97 Å². The van der Waals surface area contributed by atoms with Gasteiger partial charge < -0.3 is 14.2 Å². The zero-order valence-electron chi connectivity index (χ0n) is 12.8. The molecule has 0 bridgehead atoms. The van der Waals surface area contributed by atoms with E-state index in [2.05, 4.69) is 9.73 Å². The Balaban J connectivity index is 2.00. The molecule has 0 atom stereocenters. The zero-order valence-corrected chi connectivity index (χ0v) is 13.5. The molecular formula is C17H16ClNO4. The van der Waals surface area contributed by atoms with E-state index in [4.69, 9.17) is 21.1 Å². The van der Waals surface area contributed by atoms with Crippen molar-refractivity contribution in [3.8, 4) is 11.5 Å². The number of halogens is 1. The minimum Gasteiger partial charge on any atom is -0.495 e. The average Bonchev–Trinajstić information content (AvgIpc) is 2.58. The Morgan fingerprint density at radius 3 is 2.52 bits per heavy atom. The summed E-state index contributed by atoms with van der Waals surface area (Å²) in [5, 5.41) is 0.508. The molecule has 6 heteroatoms. The van der Waals surface area contributed by atoms with Gasteiger partial charge in [-0.3, -0.25) is 4.99 Å². The molecule has 0 radical (unpaired) electrons. The van der Waals surface area contributed by atoms with Crippen LogP contribution in [0.5, 0.6) is 11.5 Å². The molecule has 0 N–H and O–H groups in total. The third-order valence-electron chi connectivity index (χ3n) is 2.96. The van der Waals surface area contributed by atoms with Gasteiger partial charge in [0.25, 0.3) is 0 Å². The SMILES string of the molecule is COC(=O)COc1ccc(C=Nc2ccc(OC)c(Cl)c2)cc1. The Labute approximate surface area is 139 Å². The fraction of sp³-hybridized carbons (Fsp3) is 0.176. The van der Waals surface area contributed by atoms with Crippen molar-refractivity contribution in [1.82, 2.24) is 0 Å². The molecule has 2 aromatic rings. The number of carbonyl (C=O) groups is 1. The number of carbonyl (C=O) groups excluding carboxylic acids is 1. The second-order valence-corrected chi connectivity index (χ2v) is 4.92. The Morgan fingerprint density at radius 2 is 1.91 bits per heavy atom. The van der Waals surface area contributed by atoms with Crippen molar-refractivity contribution in [3.63, 3.8) is 0 Å². The van der Waals surface area contributed by atoms with E-state index in [0.717, 1.165) is 11.3 Å². The molecule has 23 heavy (non-hydrogen) atoms. The van der Waals surface area contributed by atoms with E-state index in [9.17, 15) is 4.79 Å². The molecule has 5 nitrogen and oxygen atoms in total. The minimum absolute atomic E-state index is 0.117. The van der Waals surface area contributed by atoms with E-state index in [1.54, 1.807) is 37.6 Å². The smallest absolute Gasteiger partial charge is 0.343 e. The van der Waals surface area contributed by atoms with Crippen molar-refractivity contribution < 1.29 is 19.0 Å². The summed E-state index contributed by atoms with van der Waals surface area (Å²) in [6, 6.07) is 12.5. The van der Waals surface area contributed by atoms with Gasteiger partial charge in [-0.25, -0.2) is 4.79 Å². The highest BCUT2D eigenvalue weighted by Gasteiger charge is 2.02. The average molecular weight is 334 g/mol. The highest BCUT2D eigenvalue weighted by molar-refractivity contribution is 6.32. The van der Waals surface area contributed by atoms with E-state index in [1.165, 1.54) is 7.11 Å². The number of aliphatic imine (C=N–C) groups is 1. The first kappa shape index (κ1) is 16.8. The summed E-state index contributed by atoms with van der Waals surface area (Å²) < 4.78 is 14.9. The number of benzene rings is 2. The van der Waals surface area contributed by atoms with Gasteiger partial charge in [-0.1, -0.05) is 11.6 Å². The third kappa shape index (κ3) is 5.00. The molecule has 0 unspecified atom stereocenters. The molecule has 2 aromatic carbocycles. The Bertz CT molecular complexity index is 698. The summed E-state index contributed by atoms with van der Waals surface area (Å²) >= 11 is 6.05. The number of nitrogens with zero attached hydrogens (tertiary/aromatic N) is 1. The van der Waals surface area contributed by atoms with Crippen LogP contribution in [-0.2, 0) is 9.53 Å². The third-order valence-corrected chi connectivity index (χ3v) is 3.26. The summed E-state index contributed by atoms with van der Waals surface area (Å²) in [4.78, 5) is 15.3. The highest BCUT2D eigenvalue weighted by atomic mass is 35.5. The predicted molar refractivity (Wildman–Crippen MR) is 89.2 cm³/mol. The molecule has 0 heterocycles. The minimum atomic E-state index is -0.424. The van der Waals surface area contributed by atoms with Crippen LogP contribution in [0.4, 0.5) is 5.69 Å². The summed E-state index contributed by atoms with van der Waals surface area (Å²) in [5.41, 5.74) is 1.61. The topological polar surface area (TPSA) is 57.1 Å². The largest absolute Gasteiger partial charge is 0.495 e. The molecule has 0 fully saturated rings. The summed E-state index contributed by atoms with van der Waals surface area (Å²) in [6.07, 6.45) is 1.71. The summed E-state index contributed by atoms with van der Waals surface area (Å²) in [7, 11) is 2.88. The van der Waals surface area contributed by atoms with Crippen molar-refractivity contribution in [3.05, 3.63) is 53.1 Å². The van der Waals surface area contributed by atoms with E-state index in [0.29, 0.717) is 16.5 Å². The lowest BCUT2D eigenvalue weighted by atomic mass is 10.2. The molecule has 0 aliphatic carbocycles. The molecule has 0 spiro atoms. The number of rotatable bonds is 6. The van der Waals surface area contributed by atoms with Gasteiger partial charge in [0.15, 0.2) is 6.61 Å². The van der Waals surface area contributed by atoms with Gasteiger partial charge in [-0.05, 0) is 48.0 Å². The number of esters is 1. The lowest BCUT2D eigenvalue weighted by molar-refractivity contribution is -0.142. The lowest BCUT2D eigenvalue weighted by Crippen LogP contribution is -2.12. The molecule has 0 aliphatic heterocycles. The molecule has 120 valence electrons. The first-order valence-electron chi connectivity index (χ1n) is 6.79. The number of methoxy groups -OCH3 is 2. The number of hydrogen-bond acceptors (Lipinski definition) is 5. The maximum atomic E-state index is 11.0. The normalized spacial score (nSPS) is 10.6. The fourth-order valence-electron chi connectivity index (χ4n) is 1.74. The fourth-order valence-corrected chi connectivity index (χ4v) is 1.99. The van der Waals surface area contributed by atoms with Crippen LogP contribution in [0.3, 0.4) is 0 Å². The van der Waals surface area contributed by atoms with Gasteiger partial charge in [0.05, 0.1) is 24.9 Å². The van der Waals surface area contributed by atoms with Crippen molar-refractivity contribution in [2.24, 2.45) is 4.99 Å². The predicted octanol–water partition coefficient (Wildman–Crippen LogP) is 3.65. The Hall–Kier alpha value is -2.53. The zero-order chi connectivity index (χ0) is 16.7. The maximum absolute atomic E-state index is 11.0. The van der Waals surface area contributed by atoms with Crippen LogP contribution in [0.2, 0.25) is 5.02 Å². The molecule has 0 aromatic heterocycles. The van der Waals surface area contributed by atoms with Crippen LogP contribution in [0.15, 0.2) is 47.5 Å². The van der Waals surface area contributed by atoms with Crippen LogP contribution in [0.25, 0.3) is 0 Å². The van der Waals surface area contributed by atoms with Gasteiger partial charge in [0.1, 0.15) is 11.5 Å². The standard InChI is InChI=1S/C17H16ClNO4/c1-21-16-8-5-13(9-15(16)18)19-10-12-3-6-14(7-4-12)23-11-17(20)22-2/h3-10H,11H2,1-2H3. The van der Waals surface area contributed by atoms with Crippen LogP contribution in [0.1, 0.15) is 5.56 Å². The van der Waals surface area contributed by atoms with E-state index in [1.807, 2.05) is 18.2 Å². The Kier molecular flexibility index (Phi) is 6.00. The van der Waals surface area contributed by atoms with E-state index in [-0.39, 0.29) is 6.61 Å². The number of ether oxygens (including phenoxy) is 3. The van der Waals surface area contributed by atoms with Crippen LogP contribution < -0.4 is 9.47 Å². The quantitative estimate of drug-likeness (QED) is 0.598. The van der Waals surface area contributed by atoms with Crippen LogP contribution in [0, 0.1) is 0 Å². The first-order chi connectivity index (χ1) is 11.1. The van der Waals surface area contributed by atoms with E-state index >= 15 is 0 Å². The van der Waals surface area contributed by atoms with Crippen LogP contribution in [-0.4, -0.2) is 33.0 Å². The van der Waals surface area contributed by atoms with Gasteiger partial charge in [0, 0.05) is 6.21 Å². The van der Waals surface area contributed by atoms with Crippen LogP contribution >= 0.6 is 11.6 Å². The van der Waals surface area contributed by atoms with E-state index < -0.39 is 5.97 Å². The molecule has 0 amide bonds. The summed E-state index contributed by atoms with van der Waals surface area (Å²) in [5.74, 6) is 0.768. The van der Waals surface area contributed by atoms with Crippen molar-refractivity contribution in [1.29, 1.82) is 0 Å².